The maximum atomic E-state index is 13.1. The number of carbonyl (C=O) groups excluding carboxylic acids is 1. The molecule has 116 valence electrons. The minimum Gasteiger partial charge on any atom is -0.481 e. The van der Waals surface area contributed by atoms with Gasteiger partial charge in [0, 0.05) is 6.42 Å². The van der Waals surface area contributed by atoms with Gasteiger partial charge in [0.2, 0.25) is 5.91 Å². The van der Waals surface area contributed by atoms with Crippen molar-refractivity contribution >= 4 is 40.8 Å². The number of hydrogen-bond acceptors (Lipinski definition) is 2. The Hall–Kier alpha value is -1.33. The third-order valence-electron chi connectivity index (χ3n) is 3.56. The number of amides is 1. The number of hydrogen-bond donors (Lipinski definition) is 2. The molecule has 2 N–H and O–H groups in total. The van der Waals surface area contributed by atoms with Crippen molar-refractivity contribution in [2.24, 2.45) is 11.3 Å². The van der Waals surface area contributed by atoms with Crippen LogP contribution in [0.4, 0.5) is 10.1 Å². The molecule has 0 bridgehead atoms. The number of carboxylic acids is 1. The zero-order chi connectivity index (χ0) is 16.4. The standard InChI is InChI=1S/C14H16Cl2FNO3/c1-7(2)14(3,13(20)21)6-11(19)18-12-9(15)4-8(17)5-10(12)16/h4-5,7H,6H2,1-3H3,(H,18,19)(H,20,21). The highest BCUT2D eigenvalue weighted by Crippen LogP contribution is 2.34. The number of benzene rings is 1. The average Bonchev–Trinajstić information content (AvgIpc) is 2.33. The molecule has 7 heteroatoms. The van der Waals surface area contributed by atoms with Gasteiger partial charge in [0.25, 0.3) is 0 Å². The number of anilines is 1. The Morgan fingerprint density at radius 3 is 2.19 bits per heavy atom. The maximum absolute atomic E-state index is 13.1. The molecule has 21 heavy (non-hydrogen) atoms. The summed E-state index contributed by atoms with van der Waals surface area (Å²) in [7, 11) is 0. The highest BCUT2D eigenvalue weighted by molar-refractivity contribution is 6.39. The van der Waals surface area contributed by atoms with Gasteiger partial charge in [0.05, 0.1) is 21.1 Å². The van der Waals surface area contributed by atoms with Gasteiger partial charge in [0.1, 0.15) is 5.82 Å². The van der Waals surface area contributed by atoms with Gasteiger partial charge in [-0.05, 0) is 25.0 Å². The van der Waals surface area contributed by atoms with Crippen LogP contribution in [-0.2, 0) is 9.59 Å². The molecular formula is C14H16Cl2FNO3. The van der Waals surface area contributed by atoms with Crippen LogP contribution < -0.4 is 5.32 Å². The number of halogens is 3. The van der Waals surface area contributed by atoms with Crippen LogP contribution in [0.2, 0.25) is 10.0 Å². The summed E-state index contributed by atoms with van der Waals surface area (Å²) >= 11 is 11.6. The molecule has 1 atom stereocenters. The van der Waals surface area contributed by atoms with E-state index in [4.69, 9.17) is 23.2 Å². The van der Waals surface area contributed by atoms with Crippen LogP contribution >= 0.6 is 23.2 Å². The Morgan fingerprint density at radius 2 is 1.81 bits per heavy atom. The molecule has 0 fully saturated rings. The second-order valence-electron chi connectivity index (χ2n) is 5.35. The summed E-state index contributed by atoms with van der Waals surface area (Å²) in [6.45, 7) is 4.94. The normalized spacial score (nSPS) is 13.9. The van der Waals surface area contributed by atoms with Gasteiger partial charge in [-0.2, -0.15) is 0 Å². The number of nitrogens with one attached hydrogen (secondary N) is 1. The first kappa shape index (κ1) is 17.7. The Balaban J connectivity index is 2.95. The molecule has 0 saturated carbocycles. The molecular weight excluding hydrogens is 320 g/mol. The summed E-state index contributed by atoms with van der Waals surface area (Å²) < 4.78 is 13.1. The van der Waals surface area contributed by atoms with E-state index in [9.17, 15) is 19.1 Å². The lowest BCUT2D eigenvalue weighted by Crippen LogP contribution is -2.37. The lowest BCUT2D eigenvalue weighted by Gasteiger charge is -2.28. The molecule has 0 aliphatic carbocycles. The van der Waals surface area contributed by atoms with Gasteiger partial charge in [-0.3, -0.25) is 9.59 Å². The van der Waals surface area contributed by atoms with E-state index in [0.29, 0.717) is 0 Å². The van der Waals surface area contributed by atoms with Gasteiger partial charge in [-0.15, -0.1) is 0 Å². The van der Waals surface area contributed by atoms with Crippen molar-refractivity contribution in [1.82, 2.24) is 0 Å². The van der Waals surface area contributed by atoms with Crippen molar-refractivity contribution < 1.29 is 19.1 Å². The number of carboxylic acid groups (broad SMARTS) is 1. The minimum atomic E-state index is -1.22. The molecule has 1 aromatic rings. The van der Waals surface area contributed by atoms with Gasteiger partial charge in [-0.1, -0.05) is 37.0 Å². The van der Waals surface area contributed by atoms with E-state index in [0.717, 1.165) is 12.1 Å². The quantitative estimate of drug-likeness (QED) is 0.846. The highest BCUT2D eigenvalue weighted by Gasteiger charge is 2.39. The van der Waals surface area contributed by atoms with E-state index < -0.39 is 23.1 Å². The summed E-state index contributed by atoms with van der Waals surface area (Å²) in [4.78, 5) is 23.4. The Labute approximate surface area is 132 Å². The SMILES string of the molecule is CC(C)C(C)(CC(=O)Nc1c(Cl)cc(F)cc1Cl)C(=O)O. The highest BCUT2D eigenvalue weighted by atomic mass is 35.5. The topological polar surface area (TPSA) is 66.4 Å². The van der Waals surface area contributed by atoms with E-state index >= 15 is 0 Å². The van der Waals surface area contributed by atoms with Gasteiger partial charge in [-0.25, -0.2) is 4.39 Å². The zero-order valence-electron chi connectivity index (χ0n) is 11.8. The molecule has 1 rings (SSSR count). The van der Waals surface area contributed by atoms with E-state index in [-0.39, 0.29) is 28.1 Å². The third kappa shape index (κ3) is 4.08. The molecule has 0 aliphatic rings. The zero-order valence-corrected chi connectivity index (χ0v) is 13.3. The van der Waals surface area contributed by atoms with Crippen molar-refractivity contribution in [3.8, 4) is 0 Å². The fraction of sp³-hybridized carbons (Fsp3) is 0.429. The predicted octanol–water partition coefficient (Wildman–Crippen LogP) is 4.21. The average molecular weight is 336 g/mol. The Bertz CT molecular complexity index is 554. The third-order valence-corrected chi connectivity index (χ3v) is 4.16. The largest absolute Gasteiger partial charge is 0.481 e. The van der Waals surface area contributed by atoms with Crippen molar-refractivity contribution in [1.29, 1.82) is 0 Å². The lowest BCUT2D eigenvalue weighted by atomic mass is 9.76. The first-order chi connectivity index (χ1) is 9.57. The number of aliphatic carboxylic acids is 1. The van der Waals surface area contributed by atoms with E-state index in [1.807, 2.05) is 0 Å². The van der Waals surface area contributed by atoms with Crippen LogP contribution in [0, 0.1) is 17.2 Å². The van der Waals surface area contributed by atoms with E-state index in [1.165, 1.54) is 6.92 Å². The van der Waals surface area contributed by atoms with Crippen LogP contribution in [0.1, 0.15) is 27.2 Å². The summed E-state index contributed by atoms with van der Waals surface area (Å²) in [5.41, 5.74) is -1.15. The van der Waals surface area contributed by atoms with Crippen LogP contribution in [0.25, 0.3) is 0 Å². The molecule has 1 unspecified atom stereocenters. The van der Waals surface area contributed by atoms with Crippen molar-refractivity contribution in [2.75, 3.05) is 5.32 Å². The van der Waals surface area contributed by atoms with Crippen LogP contribution in [0.5, 0.6) is 0 Å². The van der Waals surface area contributed by atoms with Crippen molar-refractivity contribution in [3.63, 3.8) is 0 Å². The number of carbonyl (C=O) groups is 2. The van der Waals surface area contributed by atoms with Gasteiger partial charge < -0.3 is 10.4 Å². The summed E-state index contributed by atoms with van der Waals surface area (Å²) in [6.07, 6.45) is -0.246. The molecule has 0 aliphatic heterocycles. The maximum Gasteiger partial charge on any atom is 0.310 e. The molecule has 1 amide bonds. The van der Waals surface area contributed by atoms with E-state index in [1.54, 1.807) is 13.8 Å². The summed E-state index contributed by atoms with van der Waals surface area (Å²) in [5.74, 6) is -2.49. The minimum absolute atomic E-state index is 0.0464. The van der Waals surface area contributed by atoms with Crippen LogP contribution in [0.15, 0.2) is 12.1 Å². The molecule has 1 aromatic carbocycles. The van der Waals surface area contributed by atoms with Crippen molar-refractivity contribution in [2.45, 2.75) is 27.2 Å². The molecule has 0 aromatic heterocycles. The second-order valence-corrected chi connectivity index (χ2v) is 6.16. The number of rotatable bonds is 5. The molecule has 0 saturated heterocycles. The first-order valence-electron chi connectivity index (χ1n) is 6.25. The lowest BCUT2D eigenvalue weighted by molar-refractivity contribution is -0.153. The Kier molecular flexibility index (Phi) is 5.59. The fourth-order valence-corrected chi connectivity index (χ4v) is 2.26. The van der Waals surface area contributed by atoms with Gasteiger partial charge >= 0.3 is 5.97 Å². The summed E-state index contributed by atoms with van der Waals surface area (Å²) in [6, 6.07) is 2.03. The monoisotopic (exact) mass is 335 g/mol. The fourth-order valence-electron chi connectivity index (χ4n) is 1.71. The molecule has 0 radical (unpaired) electrons. The summed E-state index contributed by atoms with van der Waals surface area (Å²) in [5, 5.41) is 11.6. The van der Waals surface area contributed by atoms with E-state index in [2.05, 4.69) is 5.32 Å². The molecule has 0 heterocycles. The van der Waals surface area contributed by atoms with Crippen LogP contribution in [-0.4, -0.2) is 17.0 Å². The second kappa shape index (κ2) is 6.62. The van der Waals surface area contributed by atoms with Crippen molar-refractivity contribution in [3.05, 3.63) is 28.0 Å². The first-order valence-corrected chi connectivity index (χ1v) is 7.01. The van der Waals surface area contributed by atoms with Gasteiger partial charge in [0.15, 0.2) is 0 Å². The molecule has 4 nitrogen and oxygen atoms in total. The Morgan fingerprint density at radius 1 is 1.33 bits per heavy atom. The molecule has 0 spiro atoms. The van der Waals surface area contributed by atoms with Crippen LogP contribution in [0.3, 0.4) is 0 Å². The smallest absolute Gasteiger partial charge is 0.310 e. The predicted molar refractivity (Wildman–Crippen MR) is 80.2 cm³/mol.